The monoisotopic (exact) mass is 354 g/mol. The zero-order chi connectivity index (χ0) is 17.6. The summed E-state index contributed by atoms with van der Waals surface area (Å²) in [4.78, 5) is 24.6. The molecule has 126 valence electrons. The van der Waals surface area contributed by atoms with Crippen molar-refractivity contribution in [3.8, 4) is 0 Å². The van der Waals surface area contributed by atoms with Crippen LogP contribution in [0.2, 0.25) is 0 Å². The lowest BCUT2D eigenvalue weighted by atomic mass is 10.1. The first-order valence-corrected chi connectivity index (χ1v) is 7.86. The van der Waals surface area contributed by atoms with Gasteiger partial charge in [0, 0.05) is 30.4 Å². The van der Waals surface area contributed by atoms with Gasteiger partial charge in [-0.2, -0.15) is 0 Å². The fourth-order valence-electron chi connectivity index (χ4n) is 2.22. The summed E-state index contributed by atoms with van der Waals surface area (Å²) < 4.78 is 0. The fraction of sp³-hybridized carbons (Fsp3) is 0.0588. The number of hydrogen-bond donors (Lipinski definition) is 3. The molecule has 3 heterocycles. The molecule has 7 nitrogen and oxygen atoms in total. The van der Waals surface area contributed by atoms with Gasteiger partial charge >= 0.3 is 0 Å². The maximum absolute atomic E-state index is 12.2. The molecule has 1 atom stereocenters. The molecular weight excluding hydrogens is 340 g/mol. The summed E-state index contributed by atoms with van der Waals surface area (Å²) in [6, 6.07) is 8.61. The molecular formula is C17H15ClN6O. The Morgan fingerprint density at radius 1 is 1.32 bits per heavy atom. The number of hydrogen-bond acceptors (Lipinski definition) is 6. The Balaban J connectivity index is 1.82. The highest BCUT2D eigenvalue weighted by molar-refractivity contribution is 6.28. The Bertz CT molecular complexity index is 862. The van der Waals surface area contributed by atoms with E-state index in [2.05, 4.69) is 25.6 Å². The van der Waals surface area contributed by atoms with Gasteiger partial charge in [0.25, 0.3) is 5.91 Å². The van der Waals surface area contributed by atoms with Crippen LogP contribution in [0, 0.1) is 0 Å². The average molecular weight is 355 g/mol. The second-order valence-electron chi connectivity index (χ2n) is 5.07. The highest BCUT2D eigenvalue weighted by Crippen LogP contribution is 2.22. The number of amides is 1. The summed E-state index contributed by atoms with van der Waals surface area (Å²) in [5, 5.41) is 5.78. The van der Waals surface area contributed by atoms with Crippen LogP contribution in [0.1, 0.15) is 16.1 Å². The van der Waals surface area contributed by atoms with E-state index < -0.39 is 5.50 Å². The first-order chi connectivity index (χ1) is 12.2. The van der Waals surface area contributed by atoms with Crippen molar-refractivity contribution < 1.29 is 4.79 Å². The summed E-state index contributed by atoms with van der Waals surface area (Å²) in [5.41, 5.74) is 7.61. The van der Waals surface area contributed by atoms with Gasteiger partial charge in [-0.05, 0) is 24.3 Å². The molecule has 0 saturated carbocycles. The van der Waals surface area contributed by atoms with E-state index in [1.807, 2.05) is 0 Å². The molecule has 0 fully saturated rings. The van der Waals surface area contributed by atoms with E-state index in [-0.39, 0.29) is 5.91 Å². The molecule has 0 radical (unpaired) electrons. The minimum Gasteiger partial charge on any atom is -0.404 e. The Kier molecular flexibility index (Phi) is 5.06. The van der Waals surface area contributed by atoms with Gasteiger partial charge < -0.3 is 16.4 Å². The van der Waals surface area contributed by atoms with Crippen LogP contribution in [0.4, 0.5) is 5.82 Å². The molecule has 0 aliphatic carbocycles. The van der Waals surface area contributed by atoms with E-state index in [4.69, 9.17) is 17.3 Å². The number of rotatable bonds is 4. The van der Waals surface area contributed by atoms with Crippen molar-refractivity contribution in [3.63, 3.8) is 0 Å². The molecule has 8 heteroatoms. The molecule has 25 heavy (non-hydrogen) atoms. The predicted molar refractivity (Wildman–Crippen MR) is 97.9 cm³/mol. The number of pyridine rings is 2. The van der Waals surface area contributed by atoms with E-state index >= 15 is 0 Å². The van der Waals surface area contributed by atoms with Crippen molar-refractivity contribution in [1.82, 2.24) is 15.3 Å². The number of halogens is 1. The molecule has 4 N–H and O–H groups in total. The molecule has 1 unspecified atom stereocenters. The van der Waals surface area contributed by atoms with E-state index in [1.165, 1.54) is 12.4 Å². The van der Waals surface area contributed by atoms with Crippen molar-refractivity contribution in [2.45, 2.75) is 5.50 Å². The number of alkyl halides is 1. The van der Waals surface area contributed by atoms with E-state index in [0.29, 0.717) is 28.3 Å². The molecule has 0 aromatic carbocycles. The van der Waals surface area contributed by atoms with Gasteiger partial charge in [-0.25, -0.2) is 4.98 Å². The van der Waals surface area contributed by atoms with Crippen LogP contribution >= 0.6 is 11.6 Å². The van der Waals surface area contributed by atoms with Crippen LogP contribution in [0.15, 0.2) is 65.8 Å². The minimum atomic E-state index is -0.427. The van der Waals surface area contributed by atoms with Crippen molar-refractivity contribution in [2.24, 2.45) is 10.7 Å². The summed E-state index contributed by atoms with van der Waals surface area (Å²) in [6.07, 6.45) is 7.68. The fourth-order valence-corrected chi connectivity index (χ4v) is 2.40. The Hall–Kier alpha value is -3.19. The van der Waals surface area contributed by atoms with E-state index in [9.17, 15) is 4.79 Å². The third-order valence-electron chi connectivity index (χ3n) is 3.36. The van der Waals surface area contributed by atoms with Gasteiger partial charge in [0.2, 0.25) is 0 Å². The molecule has 0 bridgehead atoms. The number of carbonyl (C=O) groups excluding carboxylic acids is 1. The number of allylic oxidation sites excluding steroid dienone is 1. The lowest BCUT2D eigenvalue weighted by Gasteiger charge is -2.18. The number of anilines is 1. The van der Waals surface area contributed by atoms with E-state index in [0.717, 1.165) is 0 Å². The van der Waals surface area contributed by atoms with Crippen LogP contribution in [-0.4, -0.2) is 27.6 Å². The molecule has 2 aromatic heterocycles. The molecule has 1 aliphatic heterocycles. The Labute approximate surface area is 149 Å². The molecule has 1 amide bonds. The molecule has 3 rings (SSSR count). The number of aliphatic imine (C=N–C) groups is 1. The van der Waals surface area contributed by atoms with Crippen LogP contribution in [0.3, 0.4) is 0 Å². The van der Waals surface area contributed by atoms with Crippen molar-refractivity contribution in [3.05, 3.63) is 72.1 Å². The minimum absolute atomic E-state index is 0.295. The Morgan fingerprint density at radius 2 is 2.20 bits per heavy atom. The van der Waals surface area contributed by atoms with Crippen LogP contribution < -0.4 is 16.4 Å². The van der Waals surface area contributed by atoms with Gasteiger partial charge in [-0.3, -0.25) is 14.8 Å². The smallest absolute Gasteiger partial charge is 0.258 e. The zero-order valence-corrected chi connectivity index (χ0v) is 13.8. The maximum atomic E-state index is 12.2. The topological polar surface area (TPSA) is 105 Å². The quantitative estimate of drug-likeness (QED) is 0.576. The standard InChI is InChI=1S/C17H15ClN6O/c18-15-10-21-9-14(22-15)12(7-19)13-4-1-5-16(23-13)24-17(25)11-3-2-6-20-8-11/h1-10,15,22H,19H2,(H,23,24,25)/b12-7-. The third-order valence-corrected chi connectivity index (χ3v) is 3.58. The zero-order valence-electron chi connectivity index (χ0n) is 13.1. The first-order valence-electron chi connectivity index (χ1n) is 7.42. The number of aromatic nitrogens is 2. The van der Waals surface area contributed by atoms with Crippen molar-refractivity contribution in [1.29, 1.82) is 0 Å². The highest BCUT2D eigenvalue weighted by atomic mass is 35.5. The van der Waals surface area contributed by atoms with Gasteiger partial charge in [-0.1, -0.05) is 17.7 Å². The summed E-state index contributed by atoms with van der Waals surface area (Å²) in [7, 11) is 0. The predicted octanol–water partition coefficient (Wildman–Crippen LogP) is 2.11. The van der Waals surface area contributed by atoms with Gasteiger partial charge in [0.05, 0.1) is 23.2 Å². The van der Waals surface area contributed by atoms with Gasteiger partial charge in [0.1, 0.15) is 11.3 Å². The summed E-state index contributed by atoms with van der Waals surface area (Å²) in [5.74, 6) is 0.101. The molecule has 1 aliphatic rings. The number of carbonyl (C=O) groups is 1. The third kappa shape index (κ3) is 4.02. The number of nitrogens with one attached hydrogen (secondary N) is 2. The maximum Gasteiger partial charge on any atom is 0.258 e. The highest BCUT2D eigenvalue weighted by Gasteiger charge is 2.15. The lowest BCUT2D eigenvalue weighted by Crippen LogP contribution is -2.27. The second kappa shape index (κ2) is 7.59. The summed E-state index contributed by atoms with van der Waals surface area (Å²) >= 11 is 6.02. The van der Waals surface area contributed by atoms with Crippen LogP contribution in [0.5, 0.6) is 0 Å². The SMILES string of the molecule is N/C=C(\C1=CN=CC(Cl)N1)c1cccc(NC(=O)c2cccnc2)n1. The van der Waals surface area contributed by atoms with Gasteiger partial charge in [-0.15, -0.1) is 0 Å². The number of nitrogens with zero attached hydrogens (tertiary/aromatic N) is 3. The van der Waals surface area contributed by atoms with E-state index in [1.54, 1.807) is 48.9 Å². The Morgan fingerprint density at radius 3 is 2.92 bits per heavy atom. The molecule has 0 saturated heterocycles. The van der Waals surface area contributed by atoms with Crippen LogP contribution in [0.25, 0.3) is 5.57 Å². The summed E-state index contributed by atoms with van der Waals surface area (Å²) in [6.45, 7) is 0. The number of nitrogens with two attached hydrogens (primary N) is 1. The first kappa shape index (κ1) is 16.7. The average Bonchev–Trinajstić information content (AvgIpc) is 2.63. The molecule has 2 aromatic rings. The van der Waals surface area contributed by atoms with Gasteiger partial charge in [0.15, 0.2) is 0 Å². The lowest BCUT2D eigenvalue weighted by molar-refractivity contribution is 0.102. The second-order valence-corrected chi connectivity index (χ2v) is 5.54. The van der Waals surface area contributed by atoms with Crippen molar-refractivity contribution >= 4 is 35.1 Å². The van der Waals surface area contributed by atoms with Crippen molar-refractivity contribution in [2.75, 3.05) is 5.32 Å². The largest absolute Gasteiger partial charge is 0.404 e. The normalized spacial score (nSPS) is 16.8. The van der Waals surface area contributed by atoms with Crippen LogP contribution in [-0.2, 0) is 0 Å². The molecule has 0 spiro atoms.